The first kappa shape index (κ1) is 15.5. The molecule has 0 atom stereocenters. The van der Waals surface area contributed by atoms with Gasteiger partial charge in [-0.25, -0.2) is 0 Å². The van der Waals surface area contributed by atoms with Gasteiger partial charge in [-0.1, -0.05) is 31.5 Å². The number of rotatable bonds is 7. The first-order valence-electron chi connectivity index (χ1n) is 7.47. The van der Waals surface area contributed by atoms with E-state index in [9.17, 15) is 0 Å². The van der Waals surface area contributed by atoms with Crippen molar-refractivity contribution in [2.75, 3.05) is 6.54 Å². The van der Waals surface area contributed by atoms with Crippen LogP contribution in [0.25, 0.3) is 0 Å². The zero-order valence-corrected chi connectivity index (χ0v) is 13.1. The molecule has 2 aromatic rings. The third kappa shape index (κ3) is 5.20. The van der Waals surface area contributed by atoms with Crippen molar-refractivity contribution in [3.63, 3.8) is 0 Å². The van der Waals surface area contributed by atoms with Crippen molar-refractivity contribution in [2.24, 2.45) is 5.92 Å². The van der Waals surface area contributed by atoms with Crippen molar-refractivity contribution in [1.82, 2.24) is 10.3 Å². The van der Waals surface area contributed by atoms with E-state index in [-0.39, 0.29) is 0 Å². The van der Waals surface area contributed by atoms with Crippen LogP contribution in [0.3, 0.4) is 0 Å². The van der Waals surface area contributed by atoms with E-state index in [0.717, 1.165) is 24.4 Å². The number of hydrogen-bond donors (Lipinski definition) is 1. The van der Waals surface area contributed by atoms with E-state index in [2.05, 4.69) is 49.3 Å². The van der Waals surface area contributed by atoms with Gasteiger partial charge in [0.1, 0.15) is 12.4 Å². The van der Waals surface area contributed by atoms with Gasteiger partial charge in [-0.05, 0) is 43.1 Å². The van der Waals surface area contributed by atoms with Crippen LogP contribution in [0.1, 0.15) is 30.5 Å². The maximum absolute atomic E-state index is 5.97. The van der Waals surface area contributed by atoms with Gasteiger partial charge >= 0.3 is 0 Å². The summed E-state index contributed by atoms with van der Waals surface area (Å²) in [7, 11) is 0. The molecule has 112 valence electrons. The molecule has 0 aliphatic heterocycles. The molecule has 1 N–H and O–H groups in total. The molecule has 2 rings (SSSR count). The Balaban J connectivity index is 2.00. The molecule has 21 heavy (non-hydrogen) atoms. The van der Waals surface area contributed by atoms with Crippen molar-refractivity contribution in [3.8, 4) is 5.75 Å². The number of aryl methyl sites for hydroxylation is 1. The smallest absolute Gasteiger partial charge is 0.124 e. The van der Waals surface area contributed by atoms with E-state index >= 15 is 0 Å². The lowest BCUT2D eigenvalue weighted by Gasteiger charge is -2.14. The molecule has 0 fully saturated rings. The number of benzene rings is 1. The Hall–Kier alpha value is -1.87. The van der Waals surface area contributed by atoms with Crippen LogP contribution in [-0.2, 0) is 13.2 Å². The summed E-state index contributed by atoms with van der Waals surface area (Å²) in [5.41, 5.74) is 3.60. The summed E-state index contributed by atoms with van der Waals surface area (Å²) in [6.45, 7) is 8.96. The number of nitrogens with one attached hydrogen (secondary N) is 1. The fraction of sp³-hybridized carbons (Fsp3) is 0.389. The van der Waals surface area contributed by atoms with E-state index in [1.165, 1.54) is 11.1 Å². The monoisotopic (exact) mass is 284 g/mol. The fourth-order valence-corrected chi connectivity index (χ4v) is 2.12. The number of pyridine rings is 1. The molecule has 1 aromatic carbocycles. The Kier molecular flexibility index (Phi) is 5.76. The molecule has 0 aliphatic carbocycles. The first-order valence-corrected chi connectivity index (χ1v) is 7.47. The highest BCUT2D eigenvalue weighted by molar-refractivity contribution is 5.37. The Morgan fingerprint density at radius 3 is 2.62 bits per heavy atom. The van der Waals surface area contributed by atoms with Crippen LogP contribution in [0, 0.1) is 12.8 Å². The van der Waals surface area contributed by atoms with E-state index in [0.29, 0.717) is 12.5 Å². The second kappa shape index (κ2) is 7.79. The summed E-state index contributed by atoms with van der Waals surface area (Å²) in [4.78, 5) is 4.02. The molecule has 0 radical (unpaired) electrons. The van der Waals surface area contributed by atoms with Crippen molar-refractivity contribution < 1.29 is 4.74 Å². The standard InChI is InChI=1S/C18H24N2O/c1-14(2)11-20-12-17-10-15(3)4-5-18(17)21-13-16-6-8-19-9-7-16/h4-10,14,20H,11-13H2,1-3H3. The number of hydrogen-bond acceptors (Lipinski definition) is 3. The largest absolute Gasteiger partial charge is 0.489 e. The van der Waals surface area contributed by atoms with Crippen LogP contribution in [0.5, 0.6) is 5.75 Å². The van der Waals surface area contributed by atoms with Crippen molar-refractivity contribution >= 4 is 0 Å². The number of aromatic nitrogens is 1. The van der Waals surface area contributed by atoms with Crippen molar-refractivity contribution in [2.45, 2.75) is 33.9 Å². The summed E-state index contributed by atoms with van der Waals surface area (Å²) in [5.74, 6) is 1.60. The van der Waals surface area contributed by atoms with Gasteiger partial charge in [-0.2, -0.15) is 0 Å². The zero-order valence-electron chi connectivity index (χ0n) is 13.1. The summed E-state index contributed by atoms with van der Waals surface area (Å²) < 4.78 is 5.97. The molecular formula is C18H24N2O. The molecule has 1 heterocycles. The lowest BCUT2D eigenvalue weighted by molar-refractivity contribution is 0.301. The molecule has 1 aromatic heterocycles. The number of ether oxygens (including phenoxy) is 1. The Bertz CT molecular complexity index is 552. The summed E-state index contributed by atoms with van der Waals surface area (Å²) in [5, 5.41) is 3.48. The third-order valence-electron chi connectivity index (χ3n) is 3.23. The molecule has 0 spiro atoms. The van der Waals surface area contributed by atoms with Crippen LogP contribution in [0.15, 0.2) is 42.7 Å². The molecule has 3 nitrogen and oxygen atoms in total. The van der Waals surface area contributed by atoms with E-state index in [1.54, 1.807) is 12.4 Å². The Morgan fingerprint density at radius 2 is 1.90 bits per heavy atom. The van der Waals surface area contributed by atoms with E-state index in [4.69, 9.17) is 4.74 Å². The van der Waals surface area contributed by atoms with Crippen LogP contribution in [-0.4, -0.2) is 11.5 Å². The predicted octanol–water partition coefficient (Wildman–Crippen LogP) is 3.71. The van der Waals surface area contributed by atoms with Gasteiger partial charge in [-0.15, -0.1) is 0 Å². The minimum atomic E-state index is 0.572. The third-order valence-corrected chi connectivity index (χ3v) is 3.23. The maximum atomic E-state index is 5.97. The molecule has 0 saturated carbocycles. The fourth-order valence-electron chi connectivity index (χ4n) is 2.12. The SMILES string of the molecule is Cc1ccc(OCc2ccncc2)c(CNCC(C)C)c1. The van der Waals surface area contributed by atoms with Gasteiger partial charge < -0.3 is 10.1 Å². The maximum Gasteiger partial charge on any atom is 0.124 e. The second-order valence-electron chi connectivity index (χ2n) is 5.78. The number of nitrogens with zero attached hydrogens (tertiary/aromatic N) is 1. The van der Waals surface area contributed by atoms with Gasteiger partial charge in [0, 0.05) is 24.5 Å². The zero-order chi connectivity index (χ0) is 15.1. The molecule has 0 bridgehead atoms. The van der Waals surface area contributed by atoms with Gasteiger partial charge in [0.2, 0.25) is 0 Å². The molecule has 3 heteroatoms. The van der Waals surface area contributed by atoms with E-state index in [1.807, 2.05) is 12.1 Å². The highest BCUT2D eigenvalue weighted by Crippen LogP contribution is 2.21. The molecular weight excluding hydrogens is 260 g/mol. The Labute approximate surface area is 127 Å². The van der Waals surface area contributed by atoms with Crippen molar-refractivity contribution in [1.29, 1.82) is 0 Å². The second-order valence-corrected chi connectivity index (χ2v) is 5.78. The van der Waals surface area contributed by atoms with Crippen LogP contribution < -0.4 is 10.1 Å². The van der Waals surface area contributed by atoms with Crippen LogP contribution in [0.2, 0.25) is 0 Å². The van der Waals surface area contributed by atoms with E-state index < -0.39 is 0 Å². The lowest BCUT2D eigenvalue weighted by Crippen LogP contribution is -2.19. The van der Waals surface area contributed by atoms with Crippen LogP contribution >= 0.6 is 0 Å². The van der Waals surface area contributed by atoms with Gasteiger partial charge in [-0.3, -0.25) is 4.98 Å². The minimum absolute atomic E-state index is 0.572. The average Bonchev–Trinajstić information content (AvgIpc) is 2.47. The first-order chi connectivity index (χ1) is 10.1. The Morgan fingerprint density at radius 1 is 1.14 bits per heavy atom. The summed E-state index contributed by atoms with van der Waals surface area (Å²) >= 11 is 0. The van der Waals surface area contributed by atoms with Gasteiger partial charge in [0.15, 0.2) is 0 Å². The molecule has 0 amide bonds. The quantitative estimate of drug-likeness (QED) is 0.841. The molecule has 0 unspecified atom stereocenters. The summed E-state index contributed by atoms with van der Waals surface area (Å²) in [6, 6.07) is 10.3. The highest BCUT2D eigenvalue weighted by Gasteiger charge is 2.05. The van der Waals surface area contributed by atoms with Gasteiger partial charge in [0.25, 0.3) is 0 Å². The summed E-state index contributed by atoms with van der Waals surface area (Å²) in [6.07, 6.45) is 3.58. The normalized spacial score (nSPS) is 10.9. The topological polar surface area (TPSA) is 34.1 Å². The van der Waals surface area contributed by atoms with Gasteiger partial charge in [0.05, 0.1) is 0 Å². The lowest BCUT2D eigenvalue weighted by atomic mass is 10.1. The highest BCUT2D eigenvalue weighted by atomic mass is 16.5. The van der Waals surface area contributed by atoms with Crippen molar-refractivity contribution in [3.05, 3.63) is 59.4 Å². The molecule has 0 saturated heterocycles. The minimum Gasteiger partial charge on any atom is -0.489 e. The predicted molar refractivity (Wildman–Crippen MR) is 86.3 cm³/mol. The molecule has 0 aliphatic rings. The van der Waals surface area contributed by atoms with Crippen LogP contribution in [0.4, 0.5) is 0 Å². The average molecular weight is 284 g/mol.